The van der Waals surface area contributed by atoms with Gasteiger partial charge in [-0.25, -0.2) is 4.98 Å². The van der Waals surface area contributed by atoms with Crippen LogP contribution in [-0.2, 0) is 6.54 Å². The summed E-state index contributed by atoms with van der Waals surface area (Å²) in [5.74, 6) is 3.09. The third-order valence-corrected chi connectivity index (χ3v) is 5.00. The molecule has 20 heavy (non-hydrogen) atoms. The minimum atomic E-state index is 0.914. The van der Waals surface area contributed by atoms with Crippen LogP contribution in [0.5, 0.6) is 0 Å². The van der Waals surface area contributed by atoms with E-state index in [0.717, 1.165) is 24.9 Å². The molecule has 1 saturated heterocycles. The van der Waals surface area contributed by atoms with Crippen LogP contribution < -0.4 is 10.2 Å². The molecular formula is C17H27N3. The van der Waals surface area contributed by atoms with E-state index in [4.69, 9.17) is 0 Å². The maximum Gasteiger partial charge on any atom is 0.128 e. The van der Waals surface area contributed by atoms with Crippen molar-refractivity contribution in [2.45, 2.75) is 45.6 Å². The van der Waals surface area contributed by atoms with Crippen molar-refractivity contribution >= 4 is 5.82 Å². The molecule has 2 unspecified atom stereocenters. The Morgan fingerprint density at radius 2 is 2.10 bits per heavy atom. The van der Waals surface area contributed by atoms with Gasteiger partial charge in [-0.05, 0) is 48.9 Å². The maximum atomic E-state index is 4.61. The summed E-state index contributed by atoms with van der Waals surface area (Å²) >= 11 is 0. The van der Waals surface area contributed by atoms with E-state index in [1.807, 2.05) is 6.20 Å². The number of hydrogen-bond donors (Lipinski definition) is 1. The van der Waals surface area contributed by atoms with Crippen molar-refractivity contribution in [3.05, 3.63) is 23.9 Å². The molecule has 0 amide bonds. The van der Waals surface area contributed by atoms with Crippen LogP contribution in [0.3, 0.4) is 0 Å². The van der Waals surface area contributed by atoms with E-state index in [9.17, 15) is 0 Å². The van der Waals surface area contributed by atoms with Crippen LogP contribution >= 0.6 is 0 Å². The highest BCUT2D eigenvalue weighted by molar-refractivity contribution is 5.41. The van der Waals surface area contributed by atoms with Crippen LogP contribution in [-0.4, -0.2) is 24.6 Å². The molecule has 2 aliphatic rings. The average Bonchev–Trinajstić information content (AvgIpc) is 2.53. The van der Waals surface area contributed by atoms with E-state index in [-0.39, 0.29) is 0 Å². The van der Waals surface area contributed by atoms with Crippen LogP contribution in [0, 0.1) is 11.8 Å². The second-order valence-corrected chi connectivity index (χ2v) is 6.34. The largest absolute Gasteiger partial charge is 0.356 e. The van der Waals surface area contributed by atoms with Crippen LogP contribution in [0.15, 0.2) is 18.3 Å². The Kier molecular flexibility index (Phi) is 4.56. The van der Waals surface area contributed by atoms with Gasteiger partial charge < -0.3 is 10.2 Å². The number of nitrogens with one attached hydrogen (secondary N) is 1. The molecule has 2 heterocycles. The molecular weight excluding hydrogens is 246 g/mol. The van der Waals surface area contributed by atoms with E-state index >= 15 is 0 Å². The quantitative estimate of drug-likeness (QED) is 0.913. The monoisotopic (exact) mass is 273 g/mol. The SMILES string of the molecule is CCNCc1ccnc(N2CCC3CCCCC3C2)c1. The molecule has 110 valence electrons. The Morgan fingerprint density at radius 1 is 1.25 bits per heavy atom. The summed E-state index contributed by atoms with van der Waals surface area (Å²) in [4.78, 5) is 7.12. The van der Waals surface area contributed by atoms with E-state index in [0.29, 0.717) is 0 Å². The molecule has 1 saturated carbocycles. The first-order chi connectivity index (χ1) is 9.86. The van der Waals surface area contributed by atoms with E-state index in [2.05, 4.69) is 34.3 Å². The van der Waals surface area contributed by atoms with Gasteiger partial charge in [-0.15, -0.1) is 0 Å². The number of nitrogens with zero attached hydrogens (tertiary/aromatic N) is 2. The summed E-state index contributed by atoms with van der Waals surface area (Å²) in [7, 11) is 0. The second-order valence-electron chi connectivity index (χ2n) is 6.34. The van der Waals surface area contributed by atoms with Crippen molar-refractivity contribution in [2.24, 2.45) is 11.8 Å². The summed E-state index contributed by atoms with van der Waals surface area (Å²) in [6.07, 6.45) is 9.11. The lowest BCUT2D eigenvalue weighted by Crippen LogP contribution is -2.42. The molecule has 2 atom stereocenters. The van der Waals surface area contributed by atoms with E-state index < -0.39 is 0 Å². The number of hydrogen-bond acceptors (Lipinski definition) is 3. The van der Waals surface area contributed by atoms with Gasteiger partial charge in [-0.1, -0.05) is 26.2 Å². The first kappa shape index (κ1) is 13.9. The normalized spacial score (nSPS) is 26.4. The molecule has 2 fully saturated rings. The van der Waals surface area contributed by atoms with Crippen LogP contribution in [0.25, 0.3) is 0 Å². The molecule has 0 radical (unpaired) electrons. The summed E-state index contributed by atoms with van der Waals surface area (Å²) < 4.78 is 0. The number of pyridine rings is 1. The number of rotatable bonds is 4. The van der Waals surface area contributed by atoms with Gasteiger partial charge in [-0.3, -0.25) is 0 Å². The maximum absolute atomic E-state index is 4.61. The summed E-state index contributed by atoms with van der Waals surface area (Å²) in [5, 5.41) is 3.39. The molecule has 1 aliphatic carbocycles. The minimum Gasteiger partial charge on any atom is -0.356 e. The molecule has 0 aromatic carbocycles. The molecule has 1 aromatic heterocycles. The summed E-state index contributed by atoms with van der Waals surface area (Å²) in [6.45, 7) is 6.54. The molecule has 0 spiro atoms. The summed E-state index contributed by atoms with van der Waals surface area (Å²) in [5.41, 5.74) is 1.35. The molecule has 1 N–H and O–H groups in total. The fourth-order valence-corrected chi connectivity index (χ4v) is 3.82. The lowest BCUT2D eigenvalue weighted by molar-refractivity contribution is 0.202. The van der Waals surface area contributed by atoms with Crippen molar-refractivity contribution in [1.29, 1.82) is 0 Å². The van der Waals surface area contributed by atoms with Crippen molar-refractivity contribution in [3.8, 4) is 0 Å². The van der Waals surface area contributed by atoms with Crippen molar-refractivity contribution in [1.82, 2.24) is 10.3 Å². The molecule has 0 bridgehead atoms. The van der Waals surface area contributed by atoms with Crippen molar-refractivity contribution in [2.75, 3.05) is 24.5 Å². The van der Waals surface area contributed by atoms with Gasteiger partial charge in [0.1, 0.15) is 5.82 Å². The molecule has 1 aliphatic heterocycles. The van der Waals surface area contributed by atoms with Gasteiger partial charge in [0.15, 0.2) is 0 Å². The first-order valence-corrected chi connectivity index (χ1v) is 8.27. The van der Waals surface area contributed by atoms with E-state index in [1.54, 1.807) is 0 Å². The van der Waals surface area contributed by atoms with Crippen molar-refractivity contribution in [3.63, 3.8) is 0 Å². The lowest BCUT2D eigenvalue weighted by Gasteiger charge is -2.41. The zero-order valence-corrected chi connectivity index (χ0v) is 12.6. The molecule has 1 aromatic rings. The zero-order chi connectivity index (χ0) is 13.8. The van der Waals surface area contributed by atoms with Gasteiger partial charge >= 0.3 is 0 Å². The highest BCUT2D eigenvalue weighted by Crippen LogP contribution is 2.37. The fourth-order valence-electron chi connectivity index (χ4n) is 3.82. The number of anilines is 1. The van der Waals surface area contributed by atoms with E-state index in [1.165, 1.54) is 56.6 Å². The average molecular weight is 273 g/mol. The first-order valence-electron chi connectivity index (χ1n) is 8.27. The highest BCUT2D eigenvalue weighted by Gasteiger charge is 2.31. The third kappa shape index (κ3) is 3.14. The number of aromatic nitrogens is 1. The van der Waals surface area contributed by atoms with Crippen LogP contribution in [0.1, 0.15) is 44.6 Å². The smallest absolute Gasteiger partial charge is 0.128 e. The predicted molar refractivity (Wildman–Crippen MR) is 83.9 cm³/mol. The summed E-state index contributed by atoms with van der Waals surface area (Å²) in [6, 6.07) is 4.39. The van der Waals surface area contributed by atoms with Gasteiger partial charge in [0.05, 0.1) is 0 Å². The number of piperidine rings is 1. The zero-order valence-electron chi connectivity index (χ0n) is 12.6. The Morgan fingerprint density at radius 3 is 2.95 bits per heavy atom. The number of fused-ring (bicyclic) bond motifs is 1. The minimum absolute atomic E-state index is 0.914. The Bertz CT molecular complexity index is 432. The van der Waals surface area contributed by atoms with Crippen LogP contribution in [0.4, 0.5) is 5.82 Å². The third-order valence-electron chi connectivity index (χ3n) is 5.00. The van der Waals surface area contributed by atoms with Crippen molar-refractivity contribution < 1.29 is 0 Å². The van der Waals surface area contributed by atoms with Crippen LogP contribution in [0.2, 0.25) is 0 Å². The van der Waals surface area contributed by atoms with Gasteiger partial charge in [0.2, 0.25) is 0 Å². The fraction of sp³-hybridized carbons (Fsp3) is 0.706. The Hall–Kier alpha value is -1.09. The molecule has 3 heteroatoms. The standard InChI is InChI=1S/C17H27N3/c1-2-18-12-14-7-9-19-17(11-14)20-10-8-15-5-3-4-6-16(15)13-20/h7,9,11,15-16,18H,2-6,8,10,12-13H2,1H3. The molecule has 3 rings (SSSR count). The highest BCUT2D eigenvalue weighted by atomic mass is 15.2. The topological polar surface area (TPSA) is 28.2 Å². The molecule has 3 nitrogen and oxygen atoms in total. The van der Waals surface area contributed by atoms with Gasteiger partial charge in [0, 0.05) is 25.8 Å². The predicted octanol–water partition coefficient (Wildman–Crippen LogP) is 3.21. The van der Waals surface area contributed by atoms with Gasteiger partial charge in [-0.2, -0.15) is 0 Å². The lowest BCUT2D eigenvalue weighted by atomic mass is 9.75. The van der Waals surface area contributed by atoms with Gasteiger partial charge in [0.25, 0.3) is 0 Å². The Labute approximate surface area is 122 Å². The second kappa shape index (κ2) is 6.57. The Balaban J connectivity index is 1.66.